The molecule has 2 aromatic rings. The Labute approximate surface area is 87.8 Å². The Morgan fingerprint density at radius 3 is 3.07 bits per heavy atom. The van der Waals surface area contributed by atoms with E-state index < -0.39 is 0 Å². The molecule has 0 atom stereocenters. The number of aromatic amines is 1. The Bertz CT molecular complexity index is 409. The molecular formula is C10H13N5. The number of nitrogens with one attached hydrogen (secondary N) is 1. The summed E-state index contributed by atoms with van der Waals surface area (Å²) in [5, 5.41) is 6.96. The van der Waals surface area contributed by atoms with Gasteiger partial charge in [0.15, 0.2) is 5.82 Å². The van der Waals surface area contributed by atoms with E-state index in [2.05, 4.69) is 20.2 Å². The molecule has 5 heteroatoms. The van der Waals surface area contributed by atoms with E-state index in [9.17, 15) is 0 Å². The highest BCUT2D eigenvalue weighted by Crippen LogP contribution is 2.03. The maximum Gasteiger partial charge on any atom is 0.151 e. The summed E-state index contributed by atoms with van der Waals surface area (Å²) in [5.41, 5.74) is 6.54. The van der Waals surface area contributed by atoms with Crippen LogP contribution >= 0.6 is 0 Å². The molecule has 0 radical (unpaired) electrons. The fraction of sp³-hybridized carbons (Fsp3) is 0.300. The van der Waals surface area contributed by atoms with Crippen LogP contribution in [0.4, 0.5) is 0 Å². The van der Waals surface area contributed by atoms with E-state index in [1.54, 1.807) is 6.20 Å². The smallest absolute Gasteiger partial charge is 0.151 e. The maximum atomic E-state index is 5.42. The van der Waals surface area contributed by atoms with Gasteiger partial charge in [-0.15, -0.1) is 0 Å². The summed E-state index contributed by atoms with van der Waals surface area (Å²) in [7, 11) is 0. The third kappa shape index (κ3) is 2.60. The van der Waals surface area contributed by atoms with Crippen molar-refractivity contribution >= 4 is 0 Å². The van der Waals surface area contributed by atoms with E-state index in [4.69, 9.17) is 5.73 Å². The van der Waals surface area contributed by atoms with Crippen LogP contribution in [-0.4, -0.2) is 26.7 Å². The van der Waals surface area contributed by atoms with Gasteiger partial charge in [0.05, 0.1) is 0 Å². The van der Waals surface area contributed by atoms with Gasteiger partial charge in [0.1, 0.15) is 5.82 Å². The largest absolute Gasteiger partial charge is 0.330 e. The molecule has 0 fully saturated rings. The van der Waals surface area contributed by atoms with E-state index in [1.165, 1.54) is 0 Å². The van der Waals surface area contributed by atoms with Crippen LogP contribution in [0.2, 0.25) is 0 Å². The standard InChI is InChI=1S/C10H13N5/c11-4-3-9-13-10(15-14-9)6-8-2-1-5-12-7-8/h1-2,5,7H,3-4,6,11H2,(H,13,14,15). The summed E-state index contributed by atoms with van der Waals surface area (Å²) in [5.74, 6) is 1.63. The second-order valence-corrected chi connectivity index (χ2v) is 3.28. The Hall–Kier alpha value is -1.75. The third-order valence-electron chi connectivity index (χ3n) is 2.04. The Kier molecular flexibility index (Phi) is 3.04. The van der Waals surface area contributed by atoms with Crippen molar-refractivity contribution in [3.05, 3.63) is 41.7 Å². The first kappa shape index (κ1) is 9.79. The van der Waals surface area contributed by atoms with Crippen molar-refractivity contribution in [2.45, 2.75) is 12.8 Å². The lowest BCUT2D eigenvalue weighted by Crippen LogP contribution is -2.04. The number of nitrogens with zero attached hydrogens (tertiary/aromatic N) is 3. The number of hydrogen-bond acceptors (Lipinski definition) is 4. The molecule has 0 saturated heterocycles. The quantitative estimate of drug-likeness (QED) is 0.748. The predicted molar refractivity (Wildman–Crippen MR) is 56.2 cm³/mol. The van der Waals surface area contributed by atoms with Gasteiger partial charge in [0.25, 0.3) is 0 Å². The van der Waals surface area contributed by atoms with Crippen LogP contribution in [0.5, 0.6) is 0 Å². The Balaban J connectivity index is 2.05. The highest BCUT2D eigenvalue weighted by molar-refractivity contribution is 5.14. The normalized spacial score (nSPS) is 10.5. The number of nitrogens with two attached hydrogens (primary N) is 1. The molecular weight excluding hydrogens is 190 g/mol. The third-order valence-corrected chi connectivity index (χ3v) is 2.04. The zero-order valence-electron chi connectivity index (χ0n) is 8.35. The van der Waals surface area contributed by atoms with Gasteiger partial charge in [-0.25, -0.2) is 4.98 Å². The van der Waals surface area contributed by atoms with Gasteiger partial charge in [0, 0.05) is 25.2 Å². The molecule has 3 N–H and O–H groups in total. The molecule has 0 spiro atoms. The lowest BCUT2D eigenvalue weighted by Gasteiger charge is -1.94. The molecule has 2 aromatic heterocycles. The van der Waals surface area contributed by atoms with E-state index >= 15 is 0 Å². The first-order valence-corrected chi connectivity index (χ1v) is 4.87. The molecule has 0 aliphatic heterocycles. The van der Waals surface area contributed by atoms with Gasteiger partial charge in [-0.1, -0.05) is 6.07 Å². The van der Waals surface area contributed by atoms with Crippen molar-refractivity contribution in [2.24, 2.45) is 5.73 Å². The van der Waals surface area contributed by atoms with Gasteiger partial charge in [-0.05, 0) is 18.2 Å². The number of H-pyrrole nitrogens is 1. The van der Waals surface area contributed by atoms with E-state index in [-0.39, 0.29) is 0 Å². The van der Waals surface area contributed by atoms with Crippen molar-refractivity contribution in [1.82, 2.24) is 20.2 Å². The molecule has 0 amide bonds. The van der Waals surface area contributed by atoms with E-state index in [0.717, 1.165) is 23.6 Å². The summed E-state index contributed by atoms with van der Waals surface area (Å²) in [4.78, 5) is 8.36. The van der Waals surface area contributed by atoms with Crippen LogP contribution in [0.15, 0.2) is 24.5 Å². The average Bonchev–Trinajstić information content (AvgIpc) is 2.68. The number of hydrogen-bond donors (Lipinski definition) is 2. The van der Waals surface area contributed by atoms with Gasteiger partial charge < -0.3 is 5.73 Å². The van der Waals surface area contributed by atoms with Crippen molar-refractivity contribution in [3.63, 3.8) is 0 Å². The fourth-order valence-corrected chi connectivity index (χ4v) is 1.35. The molecule has 0 aliphatic carbocycles. The van der Waals surface area contributed by atoms with Crippen LogP contribution in [0.25, 0.3) is 0 Å². The molecule has 0 saturated carbocycles. The van der Waals surface area contributed by atoms with Crippen LogP contribution in [0.3, 0.4) is 0 Å². The zero-order valence-corrected chi connectivity index (χ0v) is 8.35. The highest BCUT2D eigenvalue weighted by Gasteiger charge is 2.02. The lowest BCUT2D eigenvalue weighted by molar-refractivity contribution is 0.874. The molecule has 2 heterocycles. The van der Waals surface area contributed by atoms with Crippen molar-refractivity contribution in [2.75, 3.05) is 6.54 Å². The summed E-state index contributed by atoms with van der Waals surface area (Å²) in [6.07, 6.45) is 5.02. The van der Waals surface area contributed by atoms with Gasteiger partial charge in [0.2, 0.25) is 0 Å². The van der Waals surface area contributed by atoms with Crippen molar-refractivity contribution in [3.8, 4) is 0 Å². The van der Waals surface area contributed by atoms with Crippen molar-refractivity contribution < 1.29 is 0 Å². The minimum Gasteiger partial charge on any atom is -0.330 e. The topological polar surface area (TPSA) is 80.5 Å². The average molecular weight is 203 g/mol. The summed E-state index contributed by atoms with van der Waals surface area (Å²) in [6, 6.07) is 3.92. The van der Waals surface area contributed by atoms with Gasteiger partial charge in [-0.3, -0.25) is 10.1 Å². The van der Waals surface area contributed by atoms with Crippen LogP contribution in [0.1, 0.15) is 17.2 Å². The zero-order chi connectivity index (χ0) is 10.5. The molecule has 0 aromatic carbocycles. The molecule has 15 heavy (non-hydrogen) atoms. The van der Waals surface area contributed by atoms with Crippen LogP contribution < -0.4 is 5.73 Å². The second-order valence-electron chi connectivity index (χ2n) is 3.28. The minimum atomic E-state index is 0.574. The summed E-state index contributed by atoms with van der Waals surface area (Å²) in [6.45, 7) is 0.574. The molecule has 2 rings (SSSR count). The number of aromatic nitrogens is 4. The Morgan fingerprint density at radius 1 is 1.40 bits per heavy atom. The van der Waals surface area contributed by atoms with Crippen LogP contribution in [0, 0.1) is 0 Å². The SMILES string of the molecule is NCCc1n[nH]c(Cc2cccnc2)n1. The number of rotatable bonds is 4. The summed E-state index contributed by atoms with van der Waals surface area (Å²) < 4.78 is 0. The minimum absolute atomic E-state index is 0.574. The molecule has 0 aliphatic rings. The predicted octanol–water partition coefficient (Wildman–Crippen LogP) is 0.292. The van der Waals surface area contributed by atoms with Gasteiger partial charge in [-0.2, -0.15) is 5.10 Å². The monoisotopic (exact) mass is 203 g/mol. The Morgan fingerprint density at radius 2 is 2.33 bits per heavy atom. The van der Waals surface area contributed by atoms with Crippen molar-refractivity contribution in [1.29, 1.82) is 0 Å². The highest BCUT2D eigenvalue weighted by atomic mass is 15.2. The van der Waals surface area contributed by atoms with Gasteiger partial charge >= 0.3 is 0 Å². The first-order valence-electron chi connectivity index (χ1n) is 4.87. The molecule has 0 unspecified atom stereocenters. The fourth-order valence-electron chi connectivity index (χ4n) is 1.35. The van der Waals surface area contributed by atoms with E-state index in [0.29, 0.717) is 13.0 Å². The molecule has 5 nitrogen and oxygen atoms in total. The van der Waals surface area contributed by atoms with Crippen LogP contribution in [-0.2, 0) is 12.8 Å². The summed E-state index contributed by atoms with van der Waals surface area (Å²) >= 11 is 0. The maximum absolute atomic E-state index is 5.42. The first-order chi connectivity index (χ1) is 7.38. The lowest BCUT2D eigenvalue weighted by atomic mass is 10.2. The number of pyridine rings is 1. The second kappa shape index (κ2) is 4.65. The molecule has 0 bridgehead atoms. The van der Waals surface area contributed by atoms with E-state index in [1.807, 2.05) is 18.3 Å². The molecule has 78 valence electrons.